The van der Waals surface area contributed by atoms with Gasteiger partial charge in [0.15, 0.2) is 4.80 Å². The van der Waals surface area contributed by atoms with Gasteiger partial charge in [0.25, 0.3) is 0 Å². The highest BCUT2D eigenvalue weighted by Gasteiger charge is 2.17. The molecule has 0 aliphatic rings. The normalized spacial score (nSPS) is 13.5. The van der Waals surface area contributed by atoms with Crippen molar-refractivity contribution in [1.29, 1.82) is 0 Å². The van der Waals surface area contributed by atoms with Crippen LogP contribution in [0, 0.1) is 13.8 Å². The third kappa shape index (κ3) is 2.99. The SMILES string of the molecule is Cc1cc(C)cc(N=c2scc(C(C)C(=O)O)n2C)c1. The quantitative estimate of drug-likeness (QED) is 0.944. The van der Waals surface area contributed by atoms with E-state index >= 15 is 0 Å². The van der Waals surface area contributed by atoms with Gasteiger partial charge in [-0.1, -0.05) is 6.07 Å². The van der Waals surface area contributed by atoms with Gasteiger partial charge in [-0.05, 0) is 44.0 Å². The number of carboxylic acid groups (broad SMARTS) is 1. The molecule has 2 rings (SSSR count). The van der Waals surface area contributed by atoms with E-state index in [1.807, 2.05) is 43.0 Å². The maximum atomic E-state index is 11.1. The number of aryl methyl sites for hydroxylation is 2. The molecule has 0 amide bonds. The van der Waals surface area contributed by atoms with Crippen LogP contribution >= 0.6 is 11.3 Å². The number of rotatable bonds is 3. The van der Waals surface area contributed by atoms with Gasteiger partial charge in [-0.15, -0.1) is 11.3 Å². The lowest BCUT2D eigenvalue weighted by atomic mass is 10.1. The minimum absolute atomic E-state index is 0.528. The summed E-state index contributed by atoms with van der Waals surface area (Å²) in [4.78, 5) is 16.5. The molecule has 0 spiro atoms. The molecule has 20 heavy (non-hydrogen) atoms. The lowest BCUT2D eigenvalue weighted by Gasteiger charge is -2.06. The van der Waals surface area contributed by atoms with E-state index < -0.39 is 11.9 Å². The Morgan fingerprint density at radius 2 is 1.90 bits per heavy atom. The summed E-state index contributed by atoms with van der Waals surface area (Å²) in [7, 11) is 1.85. The highest BCUT2D eigenvalue weighted by Crippen LogP contribution is 2.18. The summed E-state index contributed by atoms with van der Waals surface area (Å²) in [5, 5.41) is 11.0. The van der Waals surface area contributed by atoms with Gasteiger partial charge in [-0.2, -0.15) is 0 Å². The monoisotopic (exact) mass is 290 g/mol. The first-order valence-electron chi connectivity index (χ1n) is 6.38. The minimum atomic E-state index is -0.823. The zero-order chi connectivity index (χ0) is 14.9. The Bertz CT molecular complexity index is 693. The molecule has 1 N–H and O–H groups in total. The van der Waals surface area contributed by atoms with Crippen molar-refractivity contribution in [2.45, 2.75) is 26.7 Å². The zero-order valence-corrected chi connectivity index (χ0v) is 12.9. The molecule has 0 aliphatic carbocycles. The zero-order valence-electron chi connectivity index (χ0n) is 12.0. The molecule has 0 fully saturated rings. The van der Waals surface area contributed by atoms with E-state index in [-0.39, 0.29) is 0 Å². The van der Waals surface area contributed by atoms with Crippen molar-refractivity contribution in [3.8, 4) is 0 Å². The Kier molecular flexibility index (Phi) is 4.09. The minimum Gasteiger partial charge on any atom is -0.481 e. The fraction of sp³-hybridized carbons (Fsp3) is 0.333. The van der Waals surface area contributed by atoms with E-state index in [2.05, 4.69) is 11.1 Å². The van der Waals surface area contributed by atoms with Gasteiger partial charge < -0.3 is 9.67 Å². The van der Waals surface area contributed by atoms with Crippen LogP contribution in [0.4, 0.5) is 5.69 Å². The molecule has 0 saturated heterocycles. The molecule has 0 bridgehead atoms. The van der Waals surface area contributed by atoms with Gasteiger partial charge >= 0.3 is 5.97 Å². The summed E-state index contributed by atoms with van der Waals surface area (Å²) in [6.45, 7) is 5.77. The maximum Gasteiger partial charge on any atom is 0.312 e. The smallest absolute Gasteiger partial charge is 0.312 e. The summed E-state index contributed by atoms with van der Waals surface area (Å²) >= 11 is 1.46. The van der Waals surface area contributed by atoms with Gasteiger partial charge in [0.1, 0.15) is 0 Å². The van der Waals surface area contributed by atoms with E-state index in [1.165, 1.54) is 22.5 Å². The van der Waals surface area contributed by atoms with Crippen molar-refractivity contribution in [2.24, 2.45) is 12.0 Å². The third-order valence-corrected chi connectivity index (χ3v) is 4.14. The number of carboxylic acids is 1. The fourth-order valence-corrected chi connectivity index (χ4v) is 3.14. The molecule has 4 nitrogen and oxygen atoms in total. The Hall–Kier alpha value is -1.88. The molecule has 0 saturated carbocycles. The molecule has 5 heteroatoms. The first-order valence-corrected chi connectivity index (χ1v) is 7.26. The van der Waals surface area contributed by atoms with Gasteiger partial charge in [-0.25, -0.2) is 4.99 Å². The average molecular weight is 290 g/mol. The number of hydrogen-bond acceptors (Lipinski definition) is 3. The second-order valence-electron chi connectivity index (χ2n) is 5.02. The molecule has 0 aliphatic heterocycles. The number of thiazole rings is 1. The molecular weight excluding hydrogens is 272 g/mol. The van der Waals surface area contributed by atoms with Gasteiger partial charge in [0, 0.05) is 18.1 Å². The summed E-state index contributed by atoms with van der Waals surface area (Å²) in [6, 6.07) is 6.14. The second-order valence-corrected chi connectivity index (χ2v) is 5.86. The van der Waals surface area contributed by atoms with Gasteiger partial charge in [-0.3, -0.25) is 4.79 Å². The van der Waals surface area contributed by atoms with Crippen LogP contribution in [0.2, 0.25) is 0 Å². The van der Waals surface area contributed by atoms with Crippen LogP contribution in [0.15, 0.2) is 28.6 Å². The molecule has 106 valence electrons. The van der Waals surface area contributed by atoms with Crippen LogP contribution in [-0.4, -0.2) is 15.6 Å². The Labute approximate surface area is 122 Å². The Morgan fingerprint density at radius 1 is 1.30 bits per heavy atom. The molecule has 0 radical (unpaired) electrons. The standard InChI is InChI=1S/C15H18N2O2S/c1-9-5-10(2)7-12(6-9)16-15-17(4)13(8-20-15)11(3)14(18)19/h5-8,11H,1-4H3,(H,18,19). The van der Waals surface area contributed by atoms with Crippen molar-refractivity contribution in [3.05, 3.63) is 45.2 Å². The van der Waals surface area contributed by atoms with Gasteiger partial charge in [0.05, 0.1) is 11.6 Å². The first kappa shape index (κ1) is 14.5. The van der Waals surface area contributed by atoms with Crippen LogP contribution < -0.4 is 4.80 Å². The molecule has 2 aromatic rings. The van der Waals surface area contributed by atoms with E-state index in [1.54, 1.807) is 6.92 Å². The van der Waals surface area contributed by atoms with Gasteiger partial charge in [0.2, 0.25) is 0 Å². The number of aromatic nitrogens is 1. The predicted molar refractivity (Wildman–Crippen MR) is 80.5 cm³/mol. The first-order chi connectivity index (χ1) is 9.38. The van der Waals surface area contributed by atoms with Crippen LogP contribution in [0.25, 0.3) is 0 Å². The van der Waals surface area contributed by atoms with E-state index in [0.29, 0.717) is 0 Å². The molecule has 1 atom stereocenters. The van der Waals surface area contributed by atoms with Crippen molar-refractivity contribution >= 4 is 23.0 Å². The van der Waals surface area contributed by atoms with E-state index in [0.717, 1.165) is 16.2 Å². The number of benzene rings is 1. The summed E-state index contributed by atoms with van der Waals surface area (Å²) in [5.74, 6) is -1.35. The summed E-state index contributed by atoms with van der Waals surface area (Å²) < 4.78 is 1.85. The third-order valence-electron chi connectivity index (χ3n) is 3.20. The molecule has 1 aromatic carbocycles. The van der Waals surface area contributed by atoms with Crippen LogP contribution in [0.1, 0.15) is 29.7 Å². The predicted octanol–water partition coefficient (Wildman–Crippen LogP) is 3.12. The second kappa shape index (κ2) is 5.63. The van der Waals surface area contributed by atoms with E-state index in [4.69, 9.17) is 5.11 Å². The fourth-order valence-electron chi connectivity index (χ4n) is 2.13. The van der Waals surface area contributed by atoms with Crippen LogP contribution in [0.3, 0.4) is 0 Å². The highest BCUT2D eigenvalue weighted by molar-refractivity contribution is 7.07. The average Bonchev–Trinajstić information content (AvgIpc) is 2.69. The largest absolute Gasteiger partial charge is 0.481 e. The van der Waals surface area contributed by atoms with Crippen molar-refractivity contribution in [3.63, 3.8) is 0 Å². The Morgan fingerprint density at radius 3 is 2.45 bits per heavy atom. The summed E-state index contributed by atoms with van der Waals surface area (Å²) in [6.07, 6.45) is 0. The number of carbonyl (C=O) groups is 1. The Balaban J connectivity index is 2.48. The number of aliphatic carboxylic acids is 1. The lowest BCUT2D eigenvalue weighted by Crippen LogP contribution is -2.18. The highest BCUT2D eigenvalue weighted by atomic mass is 32.1. The van der Waals surface area contributed by atoms with Crippen molar-refractivity contribution in [2.75, 3.05) is 0 Å². The number of nitrogens with zero attached hydrogens (tertiary/aromatic N) is 2. The lowest BCUT2D eigenvalue weighted by molar-refractivity contribution is -0.138. The molecular formula is C15H18N2O2S. The molecule has 1 heterocycles. The van der Waals surface area contributed by atoms with E-state index in [9.17, 15) is 4.79 Å². The van der Waals surface area contributed by atoms with Crippen LogP contribution in [-0.2, 0) is 11.8 Å². The van der Waals surface area contributed by atoms with Crippen molar-refractivity contribution in [1.82, 2.24) is 4.57 Å². The molecule has 1 aromatic heterocycles. The molecule has 1 unspecified atom stereocenters. The topological polar surface area (TPSA) is 54.6 Å². The van der Waals surface area contributed by atoms with Crippen molar-refractivity contribution < 1.29 is 9.90 Å². The maximum absolute atomic E-state index is 11.1. The number of hydrogen-bond donors (Lipinski definition) is 1. The van der Waals surface area contributed by atoms with Crippen LogP contribution in [0.5, 0.6) is 0 Å². The summed E-state index contributed by atoms with van der Waals surface area (Å²) in [5.41, 5.74) is 4.00.